The summed E-state index contributed by atoms with van der Waals surface area (Å²) >= 11 is 0. The van der Waals surface area contributed by atoms with Gasteiger partial charge in [0.1, 0.15) is 12.1 Å². The molecule has 0 N–H and O–H groups in total. The van der Waals surface area contributed by atoms with Crippen LogP contribution in [0, 0.1) is 10.1 Å². The van der Waals surface area contributed by atoms with Gasteiger partial charge in [-0.2, -0.15) is 0 Å². The molecule has 0 bridgehead atoms. The number of carbonyl (C=O) groups excluding carboxylic acids is 1. The van der Waals surface area contributed by atoms with E-state index in [0.29, 0.717) is 28.0 Å². The standard InChI is InChI=1S/C19H15N3O5/c1-12(2)26-19(23)10-13-9-18(21-11-20-13)27-17-8-7-16(22(24)25)14-5-3-4-6-15(14)17/h3-9,11H,1,10H2,2H3. The number of nitrogens with zero attached hydrogens (tertiary/aromatic N) is 3. The zero-order valence-electron chi connectivity index (χ0n) is 14.4. The molecule has 0 spiro atoms. The molecule has 2 aromatic carbocycles. The zero-order valence-corrected chi connectivity index (χ0v) is 14.4. The van der Waals surface area contributed by atoms with E-state index in [0.717, 1.165) is 0 Å². The maximum atomic E-state index is 11.7. The van der Waals surface area contributed by atoms with Gasteiger partial charge in [-0.05, 0) is 19.1 Å². The van der Waals surface area contributed by atoms with Crippen LogP contribution in [0.25, 0.3) is 10.8 Å². The van der Waals surface area contributed by atoms with Crippen molar-refractivity contribution in [2.45, 2.75) is 13.3 Å². The van der Waals surface area contributed by atoms with Gasteiger partial charge in [-0.1, -0.05) is 24.8 Å². The lowest BCUT2D eigenvalue weighted by Crippen LogP contribution is -2.08. The number of carbonyl (C=O) groups is 1. The van der Waals surface area contributed by atoms with Gasteiger partial charge in [0.2, 0.25) is 5.88 Å². The highest BCUT2D eigenvalue weighted by Gasteiger charge is 2.16. The molecule has 1 aromatic heterocycles. The number of nitro benzene ring substituents is 1. The Hall–Kier alpha value is -3.81. The summed E-state index contributed by atoms with van der Waals surface area (Å²) in [5.41, 5.74) is 0.404. The average Bonchev–Trinajstić information content (AvgIpc) is 2.61. The predicted molar refractivity (Wildman–Crippen MR) is 97.3 cm³/mol. The van der Waals surface area contributed by atoms with Crippen LogP contribution in [-0.2, 0) is 16.0 Å². The number of allylic oxidation sites excluding steroid dienone is 1. The van der Waals surface area contributed by atoms with Crippen molar-refractivity contribution >= 4 is 22.4 Å². The number of hydrogen-bond donors (Lipinski definition) is 0. The van der Waals surface area contributed by atoms with Crippen molar-refractivity contribution < 1.29 is 19.2 Å². The first-order chi connectivity index (χ1) is 12.9. The van der Waals surface area contributed by atoms with Gasteiger partial charge in [-0.25, -0.2) is 9.97 Å². The van der Waals surface area contributed by atoms with Crippen LogP contribution in [0.5, 0.6) is 11.6 Å². The minimum absolute atomic E-state index is 0.0103. The highest BCUT2D eigenvalue weighted by atomic mass is 16.6. The second kappa shape index (κ2) is 7.61. The minimum Gasteiger partial charge on any atom is -0.438 e. The lowest BCUT2D eigenvalue weighted by atomic mass is 10.1. The van der Waals surface area contributed by atoms with Gasteiger partial charge in [-0.3, -0.25) is 14.9 Å². The topological polar surface area (TPSA) is 104 Å². The Morgan fingerprint density at radius 1 is 1.19 bits per heavy atom. The van der Waals surface area contributed by atoms with E-state index in [4.69, 9.17) is 9.47 Å². The summed E-state index contributed by atoms with van der Waals surface area (Å²) in [6, 6.07) is 11.3. The van der Waals surface area contributed by atoms with Crippen LogP contribution in [0.2, 0.25) is 0 Å². The van der Waals surface area contributed by atoms with E-state index >= 15 is 0 Å². The zero-order chi connectivity index (χ0) is 19.4. The molecule has 0 saturated heterocycles. The number of fused-ring (bicyclic) bond motifs is 1. The van der Waals surface area contributed by atoms with Gasteiger partial charge in [0.15, 0.2) is 0 Å². The smallest absolute Gasteiger partial charge is 0.316 e. The van der Waals surface area contributed by atoms with Crippen LogP contribution >= 0.6 is 0 Å². The van der Waals surface area contributed by atoms with E-state index in [9.17, 15) is 14.9 Å². The Morgan fingerprint density at radius 2 is 1.93 bits per heavy atom. The van der Waals surface area contributed by atoms with Gasteiger partial charge in [0, 0.05) is 17.5 Å². The van der Waals surface area contributed by atoms with Crippen LogP contribution in [0.4, 0.5) is 5.69 Å². The first kappa shape index (κ1) is 18.0. The number of ether oxygens (including phenoxy) is 2. The SMILES string of the molecule is C=C(C)OC(=O)Cc1cc(Oc2ccc([N+](=O)[O-])c3ccccc23)ncn1. The van der Waals surface area contributed by atoms with Crippen molar-refractivity contribution in [3.63, 3.8) is 0 Å². The first-order valence-corrected chi connectivity index (χ1v) is 7.95. The lowest BCUT2D eigenvalue weighted by Gasteiger charge is -2.09. The summed E-state index contributed by atoms with van der Waals surface area (Å²) in [6.07, 6.45) is 1.21. The Labute approximate surface area is 154 Å². The fourth-order valence-corrected chi connectivity index (χ4v) is 2.52. The van der Waals surface area contributed by atoms with Gasteiger partial charge >= 0.3 is 5.97 Å². The van der Waals surface area contributed by atoms with Crippen molar-refractivity contribution in [1.82, 2.24) is 9.97 Å². The van der Waals surface area contributed by atoms with Crippen LogP contribution in [-0.4, -0.2) is 20.9 Å². The number of benzene rings is 2. The van der Waals surface area contributed by atoms with E-state index in [-0.39, 0.29) is 18.0 Å². The number of hydrogen-bond acceptors (Lipinski definition) is 7. The molecule has 0 unspecified atom stereocenters. The van der Waals surface area contributed by atoms with Crippen molar-refractivity contribution in [2.24, 2.45) is 0 Å². The third-order valence-corrected chi connectivity index (χ3v) is 3.58. The van der Waals surface area contributed by atoms with Crippen LogP contribution in [0.15, 0.2) is 61.1 Å². The van der Waals surface area contributed by atoms with Gasteiger partial charge in [0.25, 0.3) is 5.69 Å². The van der Waals surface area contributed by atoms with Crippen molar-refractivity contribution in [1.29, 1.82) is 0 Å². The number of rotatable bonds is 6. The highest BCUT2D eigenvalue weighted by molar-refractivity contribution is 5.95. The van der Waals surface area contributed by atoms with Gasteiger partial charge in [0.05, 0.1) is 28.2 Å². The summed E-state index contributed by atoms with van der Waals surface area (Å²) in [5, 5.41) is 12.2. The summed E-state index contributed by atoms with van der Waals surface area (Å²) in [5.74, 6) is 0.420. The summed E-state index contributed by atoms with van der Waals surface area (Å²) in [7, 11) is 0. The second-order valence-corrected chi connectivity index (χ2v) is 5.69. The van der Waals surface area contributed by atoms with Crippen molar-refractivity contribution in [3.05, 3.63) is 76.9 Å². The molecule has 8 heteroatoms. The molecular weight excluding hydrogens is 350 g/mol. The lowest BCUT2D eigenvalue weighted by molar-refractivity contribution is -0.383. The molecule has 0 atom stereocenters. The Kier molecular flexibility index (Phi) is 5.07. The molecule has 136 valence electrons. The molecule has 0 amide bonds. The Balaban J connectivity index is 1.89. The average molecular weight is 365 g/mol. The van der Waals surface area contributed by atoms with E-state index in [1.807, 2.05) is 0 Å². The summed E-state index contributed by atoms with van der Waals surface area (Å²) < 4.78 is 10.7. The van der Waals surface area contributed by atoms with Gasteiger partial charge in [-0.15, -0.1) is 0 Å². The van der Waals surface area contributed by atoms with E-state index in [1.165, 1.54) is 24.5 Å². The summed E-state index contributed by atoms with van der Waals surface area (Å²) in [4.78, 5) is 30.5. The molecule has 0 radical (unpaired) electrons. The minimum atomic E-state index is -0.493. The fourth-order valence-electron chi connectivity index (χ4n) is 2.52. The molecule has 0 aliphatic heterocycles. The molecule has 3 aromatic rings. The van der Waals surface area contributed by atoms with E-state index in [2.05, 4.69) is 16.5 Å². The molecule has 1 heterocycles. The maximum absolute atomic E-state index is 11.7. The first-order valence-electron chi connectivity index (χ1n) is 7.95. The number of aromatic nitrogens is 2. The monoisotopic (exact) mass is 365 g/mol. The van der Waals surface area contributed by atoms with E-state index < -0.39 is 10.9 Å². The maximum Gasteiger partial charge on any atom is 0.316 e. The largest absolute Gasteiger partial charge is 0.438 e. The van der Waals surface area contributed by atoms with Crippen LogP contribution < -0.4 is 4.74 Å². The summed E-state index contributed by atoms with van der Waals surface area (Å²) in [6.45, 7) is 5.09. The highest BCUT2D eigenvalue weighted by Crippen LogP contribution is 2.34. The van der Waals surface area contributed by atoms with Gasteiger partial charge < -0.3 is 9.47 Å². The number of non-ortho nitro benzene ring substituents is 1. The quantitative estimate of drug-likeness (QED) is 0.282. The number of nitro groups is 1. The second-order valence-electron chi connectivity index (χ2n) is 5.69. The van der Waals surface area contributed by atoms with Crippen LogP contribution in [0.3, 0.4) is 0 Å². The molecule has 0 fully saturated rings. The Bertz CT molecular complexity index is 1050. The molecule has 3 rings (SSSR count). The fraction of sp³-hybridized carbons (Fsp3) is 0.105. The molecule has 0 saturated carbocycles. The Morgan fingerprint density at radius 3 is 2.63 bits per heavy atom. The normalized spacial score (nSPS) is 10.4. The predicted octanol–water partition coefficient (Wildman–Crippen LogP) is 3.95. The van der Waals surface area contributed by atoms with Crippen molar-refractivity contribution in [3.8, 4) is 11.6 Å². The molecule has 27 heavy (non-hydrogen) atoms. The third kappa shape index (κ3) is 4.24. The molecule has 8 nitrogen and oxygen atoms in total. The van der Waals surface area contributed by atoms with Crippen LogP contribution in [0.1, 0.15) is 12.6 Å². The van der Waals surface area contributed by atoms with Crippen molar-refractivity contribution in [2.75, 3.05) is 0 Å². The number of esters is 1. The van der Waals surface area contributed by atoms with E-state index in [1.54, 1.807) is 31.2 Å². The molecule has 0 aliphatic rings. The molecule has 0 aliphatic carbocycles. The third-order valence-electron chi connectivity index (χ3n) is 3.58. The molecular formula is C19H15N3O5.